The first-order chi connectivity index (χ1) is 31.2. The lowest BCUT2D eigenvalue weighted by molar-refractivity contribution is 0.670. The highest BCUT2D eigenvalue weighted by atomic mass is 16.3. The van der Waals surface area contributed by atoms with Gasteiger partial charge in [0, 0.05) is 33.0 Å². The highest BCUT2D eigenvalue weighted by molar-refractivity contribution is 6.15. The molecule has 63 heavy (non-hydrogen) atoms. The maximum atomic E-state index is 6.87. The lowest BCUT2D eigenvalue weighted by Gasteiger charge is -2.12. The van der Waals surface area contributed by atoms with Gasteiger partial charge >= 0.3 is 0 Å². The minimum Gasteiger partial charge on any atom is -0.455 e. The molecular weight excluding hydrogens is 767 g/mol. The molecule has 2 heterocycles. The van der Waals surface area contributed by atoms with Crippen LogP contribution in [-0.2, 0) is 0 Å². The lowest BCUT2D eigenvalue weighted by atomic mass is 9.92. The molecule has 0 saturated carbocycles. The van der Waals surface area contributed by atoms with Gasteiger partial charge in [0.2, 0.25) is 0 Å². The fraction of sp³-hybridized carbons (Fsp3) is 0. The van der Waals surface area contributed by atoms with Gasteiger partial charge in [-0.3, -0.25) is 0 Å². The van der Waals surface area contributed by atoms with Crippen molar-refractivity contribution in [1.82, 2.24) is 15.0 Å². The molecule has 0 aliphatic heterocycles. The first-order valence-electron chi connectivity index (χ1n) is 21.2. The molecule has 0 N–H and O–H groups in total. The molecule has 0 radical (unpaired) electrons. The molecular formula is C59H37N3O. The van der Waals surface area contributed by atoms with Crippen molar-refractivity contribution < 1.29 is 4.42 Å². The Morgan fingerprint density at radius 2 is 0.810 bits per heavy atom. The van der Waals surface area contributed by atoms with Crippen molar-refractivity contribution in [2.75, 3.05) is 0 Å². The van der Waals surface area contributed by atoms with Crippen LogP contribution in [0.3, 0.4) is 0 Å². The van der Waals surface area contributed by atoms with E-state index in [1.807, 2.05) is 18.2 Å². The molecule has 10 aromatic carbocycles. The monoisotopic (exact) mass is 803 g/mol. The molecule has 4 heteroatoms. The molecule has 2 aromatic heterocycles. The molecule has 4 nitrogen and oxygen atoms in total. The second-order valence-electron chi connectivity index (χ2n) is 16.0. The van der Waals surface area contributed by atoms with Crippen molar-refractivity contribution in [1.29, 1.82) is 0 Å². The second kappa shape index (κ2) is 15.2. The molecule has 294 valence electrons. The van der Waals surface area contributed by atoms with E-state index >= 15 is 0 Å². The van der Waals surface area contributed by atoms with E-state index in [1.165, 1.54) is 32.7 Å². The Kier molecular flexibility index (Phi) is 8.79. The summed E-state index contributed by atoms with van der Waals surface area (Å²) in [6, 6.07) is 78.8. The Bertz CT molecular complexity index is 3670. The van der Waals surface area contributed by atoms with Gasteiger partial charge in [-0.2, -0.15) is 0 Å². The first kappa shape index (κ1) is 36.4. The highest BCUT2D eigenvalue weighted by Gasteiger charge is 2.21. The van der Waals surface area contributed by atoms with E-state index in [9.17, 15) is 0 Å². The number of furan rings is 1. The molecule has 0 spiro atoms. The average Bonchev–Trinajstić information content (AvgIpc) is 3.76. The molecule has 0 fully saturated rings. The van der Waals surface area contributed by atoms with Gasteiger partial charge < -0.3 is 4.42 Å². The predicted octanol–water partition coefficient (Wildman–Crippen LogP) is 15.7. The van der Waals surface area contributed by atoms with E-state index in [-0.39, 0.29) is 0 Å². The Morgan fingerprint density at radius 1 is 0.270 bits per heavy atom. The first-order valence-corrected chi connectivity index (χ1v) is 21.2. The van der Waals surface area contributed by atoms with E-state index in [0.29, 0.717) is 17.5 Å². The maximum Gasteiger partial charge on any atom is 0.164 e. The van der Waals surface area contributed by atoms with E-state index in [4.69, 9.17) is 19.4 Å². The van der Waals surface area contributed by atoms with Crippen molar-refractivity contribution in [3.8, 4) is 78.7 Å². The van der Waals surface area contributed by atoms with Crippen LogP contribution in [0.4, 0.5) is 0 Å². The Hall–Kier alpha value is -8.47. The quantitative estimate of drug-likeness (QED) is 0.161. The van der Waals surface area contributed by atoms with E-state index in [1.54, 1.807) is 0 Å². The number of hydrogen-bond acceptors (Lipinski definition) is 4. The normalized spacial score (nSPS) is 11.5. The number of hydrogen-bond donors (Lipinski definition) is 0. The lowest BCUT2D eigenvalue weighted by Crippen LogP contribution is -2.00. The van der Waals surface area contributed by atoms with Crippen LogP contribution in [-0.4, -0.2) is 15.0 Å². The number of nitrogens with zero attached hydrogens (tertiary/aromatic N) is 3. The number of aromatic nitrogens is 3. The molecule has 12 aromatic rings. The van der Waals surface area contributed by atoms with Crippen molar-refractivity contribution in [3.63, 3.8) is 0 Å². The van der Waals surface area contributed by atoms with E-state index in [2.05, 4.69) is 206 Å². The molecule has 0 bridgehead atoms. The van der Waals surface area contributed by atoms with Crippen LogP contribution >= 0.6 is 0 Å². The average molecular weight is 804 g/mol. The van der Waals surface area contributed by atoms with Crippen molar-refractivity contribution in [2.45, 2.75) is 0 Å². The molecule has 0 unspecified atom stereocenters. The van der Waals surface area contributed by atoms with Gasteiger partial charge in [0.05, 0.1) is 0 Å². The van der Waals surface area contributed by atoms with Crippen LogP contribution in [0.15, 0.2) is 229 Å². The smallest absolute Gasteiger partial charge is 0.164 e. The summed E-state index contributed by atoms with van der Waals surface area (Å²) in [7, 11) is 0. The summed E-state index contributed by atoms with van der Waals surface area (Å²) in [5.74, 6) is 1.77. The van der Waals surface area contributed by atoms with Crippen molar-refractivity contribution in [2.24, 2.45) is 0 Å². The summed E-state index contributed by atoms with van der Waals surface area (Å²) >= 11 is 0. The number of rotatable bonds is 7. The summed E-state index contributed by atoms with van der Waals surface area (Å²) in [6.07, 6.45) is 0. The number of para-hydroxylation sites is 1. The minimum atomic E-state index is 0.578. The molecule has 12 rings (SSSR count). The third-order valence-corrected chi connectivity index (χ3v) is 12.1. The van der Waals surface area contributed by atoms with Gasteiger partial charge in [0.15, 0.2) is 17.5 Å². The molecule has 0 aliphatic rings. The standard InChI is InChI=1S/C59H37N3O/c1-3-14-38(15-4-1)40-28-31-42(32-29-40)57-60-58(47-22-11-21-44(35-47)45-33-30-39-16-7-8-19-43(39)34-45)62-59(61-57)52-26-13-27-54-55(52)51-25-12-24-50(56(51)63-54)48-36-46-20-9-10-23-49(46)53(37-48)41-17-5-2-6-18-41/h1-37H. The zero-order valence-corrected chi connectivity index (χ0v) is 34.1. The van der Waals surface area contributed by atoms with Crippen LogP contribution in [0, 0.1) is 0 Å². The third-order valence-electron chi connectivity index (χ3n) is 12.1. The second-order valence-corrected chi connectivity index (χ2v) is 16.0. The fourth-order valence-electron chi connectivity index (χ4n) is 8.99. The summed E-state index contributed by atoms with van der Waals surface area (Å²) in [4.78, 5) is 15.7. The summed E-state index contributed by atoms with van der Waals surface area (Å²) in [6.45, 7) is 0. The third kappa shape index (κ3) is 6.62. The molecule has 0 atom stereocenters. The van der Waals surface area contributed by atoms with Crippen molar-refractivity contribution in [3.05, 3.63) is 224 Å². The van der Waals surface area contributed by atoms with Crippen LogP contribution in [0.2, 0.25) is 0 Å². The summed E-state index contributed by atoms with van der Waals surface area (Å²) in [5.41, 5.74) is 13.3. The highest BCUT2D eigenvalue weighted by Crippen LogP contribution is 2.42. The van der Waals surface area contributed by atoms with Gasteiger partial charge in [-0.1, -0.05) is 194 Å². The van der Waals surface area contributed by atoms with Gasteiger partial charge in [0.1, 0.15) is 11.2 Å². The number of benzene rings is 10. The van der Waals surface area contributed by atoms with Crippen LogP contribution in [0.25, 0.3) is 122 Å². The zero-order valence-electron chi connectivity index (χ0n) is 34.1. The fourth-order valence-corrected chi connectivity index (χ4v) is 8.99. The van der Waals surface area contributed by atoms with Crippen LogP contribution in [0.5, 0.6) is 0 Å². The summed E-state index contributed by atoms with van der Waals surface area (Å²) < 4.78 is 6.87. The topological polar surface area (TPSA) is 51.8 Å². The maximum absolute atomic E-state index is 6.87. The Balaban J connectivity index is 1.03. The van der Waals surface area contributed by atoms with E-state index < -0.39 is 0 Å². The van der Waals surface area contributed by atoms with Gasteiger partial charge in [0.25, 0.3) is 0 Å². The van der Waals surface area contributed by atoms with Gasteiger partial charge in [-0.15, -0.1) is 0 Å². The SMILES string of the molecule is c1ccc(-c2ccc(-c3nc(-c4cccc(-c5ccc6ccccc6c5)c4)nc(-c4cccc5oc6c(-c7cc(-c8ccccc8)c8ccccc8c7)cccc6c45)n3)cc2)cc1. The Morgan fingerprint density at radius 3 is 1.63 bits per heavy atom. The largest absolute Gasteiger partial charge is 0.455 e. The molecule has 0 amide bonds. The van der Waals surface area contributed by atoms with Gasteiger partial charge in [-0.25, -0.2) is 15.0 Å². The summed E-state index contributed by atoms with van der Waals surface area (Å²) in [5, 5.41) is 6.77. The Labute approximate surface area is 364 Å². The van der Waals surface area contributed by atoms with Crippen molar-refractivity contribution >= 4 is 43.5 Å². The molecule has 0 saturated heterocycles. The van der Waals surface area contributed by atoms with Crippen LogP contribution in [0.1, 0.15) is 0 Å². The number of fused-ring (bicyclic) bond motifs is 5. The predicted molar refractivity (Wildman–Crippen MR) is 260 cm³/mol. The van der Waals surface area contributed by atoms with E-state index in [0.717, 1.165) is 72.0 Å². The van der Waals surface area contributed by atoms with Crippen LogP contribution < -0.4 is 0 Å². The van der Waals surface area contributed by atoms with Gasteiger partial charge in [-0.05, 0) is 90.8 Å². The minimum absolute atomic E-state index is 0.578. The molecule has 0 aliphatic carbocycles. The zero-order chi connectivity index (χ0) is 41.7.